The summed E-state index contributed by atoms with van der Waals surface area (Å²) in [4.78, 5) is 0. The van der Waals surface area contributed by atoms with Gasteiger partial charge in [0.25, 0.3) is 0 Å². The molecule has 0 saturated carbocycles. The lowest BCUT2D eigenvalue weighted by molar-refractivity contribution is 0.291. The minimum atomic E-state index is 0.830. The molecule has 0 heterocycles. The van der Waals surface area contributed by atoms with E-state index in [9.17, 15) is 0 Å². The van der Waals surface area contributed by atoms with Gasteiger partial charge in [-0.3, -0.25) is 0 Å². The second-order valence-electron chi connectivity index (χ2n) is 5.86. The molecule has 2 heteroatoms. The molecule has 0 atom stereocenters. The first kappa shape index (κ1) is 19.9. The van der Waals surface area contributed by atoms with Gasteiger partial charge in [0.2, 0.25) is 0 Å². The maximum Gasteiger partial charge on any atom is 0.159 e. The second-order valence-corrected chi connectivity index (χ2v) is 6.31. The molecular weight excluding hydrogens is 264 g/mol. The molecule has 0 N–H and O–H groups in total. The van der Waals surface area contributed by atoms with E-state index in [1.54, 1.807) is 0 Å². The van der Waals surface area contributed by atoms with Crippen molar-refractivity contribution in [1.82, 2.24) is 0 Å². The Kier molecular flexibility index (Phi) is 16.8. The van der Waals surface area contributed by atoms with Crippen molar-refractivity contribution in [3.8, 4) is 0 Å². The molecule has 0 rings (SSSR count). The molecule has 0 aliphatic rings. The lowest BCUT2D eigenvalue weighted by atomic mass is 10.1. The number of thiocarbonyl (C=S) groups is 1. The first-order valence-corrected chi connectivity index (χ1v) is 9.37. The van der Waals surface area contributed by atoms with E-state index in [-0.39, 0.29) is 0 Å². The van der Waals surface area contributed by atoms with Crippen molar-refractivity contribution in [3.05, 3.63) is 0 Å². The molecule has 0 aliphatic carbocycles. The quantitative estimate of drug-likeness (QED) is 0.242. The number of rotatable bonds is 15. The highest BCUT2D eigenvalue weighted by Gasteiger charge is 1.98. The number of hydrogen-bond donors (Lipinski definition) is 0. The minimum absolute atomic E-state index is 0.830. The van der Waals surface area contributed by atoms with Crippen LogP contribution in [0.25, 0.3) is 0 Å². The number of ether oxygens (including phenoxy) is 1. The van der Waals surface area contributed by atoms with E-state index < -0.39 is 0 Å². The normalized spacial score (nSPS) is 10.7. The summed E-state index contributed by atoms with van der Waals surface area (Å²) < 4.78 is 5.59. The third kappa shape index (κ3) is 15.9. The zero-order valence-electron chi connectivity index (χ0n) is 13.9. The van der Waals surface area contributed by atoms with Crippen LogP contribution in [0, 0.1) is 0 Å². The molecule has 0 aromatic heterocycles. The summed E-state index contributed by atoms with van der Waals surface area (Å²) in [5.74, 6) is 0. The summed E-state index contributed by atoms with van der Waals surface area (Å²) in [6, 6.07) is 0. The third-order valence-corrected chi connectivity index (χ3v) is 4.07. The summed E-state index contributed by atoms with van der Waals surface area (Å²) in [6.07, 6.45) is 18.3. The fraction of sp³-hybridized carbons (Fsp3) is 0.944. The lowest BCUT2D eigenvalue weighted by Crippen LogP contribution is -2.03. The maximum atomic E-state index is 5.59. The monoisotopic (exact) mass is 300 g/mol. The van der Waals surface area contributed by atoms with Gasteiger partial charge in [0.15, 0.2) is 5.05 Å². The summed E-state index contributed by atoms with van der Waals surface area (Å²) in [6.45, 7) is 5.33. The van der Waals surface area contributed by atoms with Gasteiger partial charge in [-0.25, -0.2) is 0 Å². The van der Waals surface area contributed by atoms with Crippen molar-refractivity contribution in [3.63, 3.8) is 0 Å². The molecule has 0 saturated heterocycles. The Hall–Kier alpha value is -0.110. The standard InChI is InChI=1S/C18H36OS/c1-3-5-7-9-10-11-12-13-14-16-18(20)19-17-15-8-6-4-2/h3-17H2,1-2H3. The number of unbranched alkanes of at least 4 members (excludes halogenated alkanes) is 11. The van der Waals surface area contributed by atoms with E-state index >= 15 is 0 Å². The van der Waals surface area contributed by atoms with Gasteiger partial charge in [-0.2, -0.15) is 0 Å². The van der Waals surface area contributed by atoms with Crippen LogP contribution in [0.4, 0.5) is 0 Å². The van der Waals surface area contributed by atoms with E-state index in [0.717, 1.165) is 24.5 Å². The van der Waals surface area contributed by atoms with Gasteiger partial charge in [0.1, 0.15) is 0 Å². The Morgan fingerprint density at radius 2 is 1.10 bits per heavy atom. The Labute approximate surface area is 132 Å². The molecule has 0 unspecified atom stereocenters. The highest BCUT2D eigenvalue weighted by atomic mass is 32.1. The zero-order valence-corrected chi connectivity index (χ0v) is 14.7. The van der Waals surface area contributed by atoms with Crippen molar-refractivity contribution in [1.29, 1.82) is 0 Å². The molecule has 0 radical (unpaired) electrons. The maximum absolute atomic E-state index is 5.59. The van der Waals surface area contributed by atoms with Gasteiger partial charge in [0.05, 0.1) is 6.61 Å². The topological polar surface area (TPSA) is 9.23 Å². The van der Waals surface area contributed by atoms with Crippen LogP contribution in [-0.4, -0.2) is 11.7 Å². The van der Waals surface area contributed by atoms with Gasteiger partial charge in [-0.1, -0.05) is 84.5 Å². The van der Waals surface area contributed by atoms with Gasteiger partial charge < -0.3 is 4.74 Å². The Bertz CT molecular complexity index is 204. The summed E-state index contributed by atoms with van der Waals surface area (Å²) in [5.41, 5.74) is 0. The van der Waals surface area contributed by atoms with Crippen molar-refractivity contribution in [2.75, 3.05) is 6.61 Å². The zero-order chi connectivity index (χ0) is 14.9. The predicted molar refractivity (Wildman–Crippen MR) is 94.5 cm³/mol. The van der Waals surface area contributed by atoms with Crippen LogP contribution in [0.2, 0.25) is 0 Å². The summed E-state index contributed by atoms with van der Waals surface area (Å²) in [7, 11) is 0. The van der Waals surface area contributed by atoms with Crippen LogP contribution in [0.5, 0.6) is 0 Å². The number of hydrogen-bond acceptors (Lipinski definition) is 2. The van der Waals surface area contributed by atoms with Crippen molar-refractivity contribution < 1.29 is 4.74 Å². The van der Waals surface area contributed by atoms with Crippen molar-refractivity contribution in [2.45, 2.75) is 104 Å². The predicted octanol–water partition coefficient (Wildman–Crippen LogP) is 6.83. The summed E-state index contributed by atoms with van der Waals surface area (Å²) in [5, 5.41) is 0.837. The van der Waals surface area contributed by atoms with Crippen LogP contribution in [-0.2, 0) is 4.74 Å². The average molecular weight is 301 g/mol. The van der Waals surface area contributed by atoms with E-state index in [4.69, 9.17) is 17.0 Å². The molecule has 0 aromatic rings. The molecule has 20 heavy (non-hydrogen) atoms. The van der Waals surface area contributed by atoms with Gasteiger partial charge in [-0.15, -0.1) is 0 Å². The Balaban J connectivity index is 3.11. The fourth-order valence-corrected chi connectivity index (χ4v) is 2.59. The molecule has 0 fully saturated rings. The SMILES string of the molecule is CCCCCCCCCCCC(=S)OCCCCCC. The van der Waals surface area contributed by atoms with E-state index in [0.29, 0.717) is 0 Å². The highest BCUT2D eigenvalue weighted by molar-refractivity contribution is 7.80. The average Bonchev–Trinajstić information content (AvgIpc) is 2.45. The fourth-order valence-electron chi connectivity index (χ4n) is 2.37. The first-order valence-electron chi connectivity index (χ1n) is 8.96. The van der Waals surface area contributed by atoms with Gasteiger partial charge >= 0.3 is 0 Å². The van der Waals surface area contributed by atoms with Crippen LogP contribution < -0.4 is 0 Å². The van der Waals surface area contributed by atoms with Crippen molar-refractivity contribution in [2.24, 2.45) is 0 Å². The van der Waals surface area contributed by atoms with Crippen molar-refractivity contribution >= 4 is 17.3 Å². The van der Waals surface area contributed by atoms with Crippen LogP contribution in [0.3, 0.4) is 0 Å². The third-order valence-electron chi connectivity index (χ3n) is 3.75. The molecule has 120 valence electrons. The largest absolute Gasteiger partial charge is 0.487 e. The van der Waals surface area contributed by atoms with E-state index in [1.165, 1.54) is 77.0 Å². The van der Waals surface area contributed by atoms with E-state index in [1.807, 2.05) is 0 Å². The molecule has 0 bridgehead atoms. The Morgan fingerprint density at radius 1 is 0.650 bits per heavy atom. The second kappa shape index (κ2) is 16.9. The summed E-state index contributed by atoms with van der Waals surface area (Å²) >= 11 is 5.26. The minimum Gasteiger partial charge on any atom is -0.487 e. The molecule has 1 nitrogen and oxygen atoms in total. The lowest BCUT2D eigenvalue weighted by Gasteiger charge is -2.07. The smallest absolute Gasteiger partial charge is 0.159 e. The first-order chi connectivity index (χ1) is 9.81. The van der Waals surface area contributed by atoms with E-state index in [2.05, 4.69) is 13.8 Å². The van der Waals surface area contributed by atoms with Crippen LogP contribution in [0.1, 0.15) is 104 Å². The molecular formula is C18H36OS. The molecule has 0 spiro atoms. The van der Waals surface area contributed by atoms with Gasteiger partial charge in [-0.05, 0) is 25.1 Å². The molecule has 0 amide bonds. The Morgan fingerprint density at radius 3 is 1.65 bits per heavy atom. The van der Waals surface area contributed by atoms with Crippen LogP contribution >= 0.6 is 12.2 Å². The molecule has 0 aromatic carbocycles. The molecule has 0 aliphatic heterocycles. The highest BCUT2D eigenvalue weighted by Crippen LogP contribution is 2.11. The van der Waals surface area contributed by atoms with Crippen LogP contribution in [0.15, 0.2) is 0 Å². The van der Waals surface area contributed by atoms with Gasteiger partial charge in [0, 0.05) is 6.42 Å².